The summed E-state index contributed by atoms with van der Waals surface area (Å²) in [5.74, 6) is 0.742. The number of hydrogen-bond acceptors (Lipinski definition) is 5. The zero-order valence-electron chi connectivity index (χ0n) is 18.2. The van der Waals surface area contributed by atoms with Crippen molar-refractivity contribution in [2.45, 2.75) is 18.7 Å². The lowest BCUT2D eigenvalue weighted by molar-refractivity contribution is 0.264. The lowest BCUT2D eigenvalue weighted by Gasteiger charge is -2.35. The molecule has 0 atom stereocenters. The van der Waals surface area contributed by atoms with Gasteiger partial charge in [0.05, 0.1) is 11.6 Å². The molecule has 1 aliphatic heterocycles. The van der Waals surface area contributed by atoms with Crippen molar-refractivity contribution in [1.82, 2.24) is 14.5 Å². The Morgan fingerprint density at radius 1 is 1.19 bits per heavy atom. The monoisotopic (exact) mass is 470 g/mol. The molecule has 1 aliphatic rings. The second kappa shape index (κ2) is 10.1. The second-order valence-corrected chi connectivity index (χ2v) is 9.86. The van der Waals surface area contributed by atoms with E-state index in [0.717, 1.165) is 11.1 Å². The number of nitriles is 1. The van der Waals surface area contributed by atoms with Gasteiger partial charge in [-0.25, -0.2) is 8.42 Å². The first-order valence-electron chi connectivity index (χ1n) is 10.2. The third kappa shape index (κ3) is 5.46. The summed E-state index contributed by atoms with van der Waals surface area (Å²) in [6.07, 6.45) is 1.71. The zero-order chi connectivity index (χ0) is 23.3. The molecule has 32 heavy (non-hydrogen) atoms. The van der Waals surface area contributed by atoms with Gasteiger partial charge in [0.25, 0.3) is 0 Å². The minimum absolute atomic E-state index is 0.0171. The van der Waals surface area contributed by atoms with Gasteiger partial charge in [0.15, 0.2) is 5.11 Å². The third-order valence-corrected chi connectivity index (χ3v) is 7.36. The Bertz CT molecular complexity index is 1140. The van der Waals surface area contributed by atoms with E-state index >= 15 is 0 Å². The maximum Gasteiger partial charge on any atom is 0.246 e. The van der Waals surface area contributed by atoms with Gasteiger partial charge in [0.1, 0.15) is 16.4 Å². The van der Waals surface area contributed by atoms with E-state index in [2.05, 4.69) is 11.9 Å². The molecule has 1 fully saturated rings. The van der Waals surface area contributed by atoms with Crippen LogP contribution in [0.5, 0.6) is 11.5 Å². The van der Waals surface area contributed by atoms with Crippen LogP contribution >= 0.6 is 12.2 Å². The second-order valence-electron chi connectivity index (χ2n) is 7.56. The fraction of sp³-hybridized carbons (Fsp3) is 0.304. The van der Waals surface area contributed by atoms with E-state index < -0.39 is 10.0 Å². The van der Waals surface area contributed by atoms with E-state index in [-0.39, 0.29) is 29.3 Å². The quantitative estimate of drug-likeness (QED) is 0.512. The van der Waals surface area contributed by atoms with Crippen LogP contribution in [0, 0.1) is 25.2 Å². The molecule has 168 valence electrons. The molecule has 0 amide bonds. The SMILES string of the molecule is C=CCNC(=S)N1CCN(S(=O)(=O)c2cc(C#N)ccc2Oc2cc(C)cc(C)c2)CC1. The Kier molecular flexibility index (Phi) is 7.51. The highest BCUT2D eigenvalue weighted by Gasteiger charge is 2.32. The molecule has 2 aromatic carbocycles. The van der Waals surface area contributed by atoms with E-state index in [0.29, 0.717) is 30.5 Å². The maximum atomic E-state index is 13.5. The summed E-state index contributed by atoms with van der Waals surface area (Å²) in [6.45, 7) is 9.59. The molecule has 1 N–H and O–H groups in total. The maximum absolute atomic E-state index is 13.5. The van der Waals surface area contributed by atoms with Gasteiger partial charge >= 0.3 is 0 Å². The Labute approximate surface area is 195 Å². The first-order chi connectivity index (χ1) is 15.2. The van der Waals surface area contributed by atoms with Crippen LogP contribution in [0.4, 0.5) is 0 Å². The highest BCUT2D eigenvalue weighted by atomic mass is 32.2. The van der Waals surface area contributed by atoms with Crippen LogP contribution in [0.2, 0.25) is 0 Å². The molecule has 0 saturated carbocycles. The summed E-state index contributed by atoms with van der Waals surface area (Å²) in [7, 11) is -3.88. The summed E-state index contributed by atoms with van der Waals surface area (Å²) in [6, 6.07) is 12.2. The van der Waals surface area contributed by atoms with Gasteiger partial charge in [-0.2, -0.15) is 9.57 Å². The van der Waals surface area contributed by atoms with Crippen molar-refractivity contribution in [2.75, 3.05) is 32.7 Å². The minimum Gasteiger partial charge on any atom is -0.456 e. The van der Waals surface area contributed by atoms with E-state index in [1.165, 1.54) is 16.4 Å². The van der Waals surface area contributed by atoms with E-state index in [1.54, 1.807) is 12.1 Å². The van der Waals surface area contributed by atoms with Crippen LogP contribution in [0.3, 0.4) is 0 Å². The highest BCUT2D eigenvalue weighted by Crippen LogP contribution is 2.33. The summed E-state index contributed by atoms with van der Waals surface area (Å²) >= 11 is 5.36. The molecule has 7 nitrogen and oxygen atoms in total. The number of thiocarbonyl (C=S) groups is 1. The molecule has 0 unspecified atom stereocenters. The predicted molar refractivity (Wildman–Crippen MR) is 128 cm³/mol. The fourth-order valence-electron chi connectivity index (χ4n) is 3.52. The largest absolute Gasteiger partial charge is 0.456 e. The number of rotatable bonds is 6. The number of sulfonamides is 1. The molecule has 2 aromatic rings. The number of nitrogens with one attached hydrogen (secondary N) is 1. The number of aryl methyl sites for hydroxylation is 2. The van der Waals surface area contributed by atoms with Crippen molar-refractivity contribution in [2.24, 2.45) is 0 Å². The first kappa shape index (κ1) is 23.7. The fourth-order valence-corrected chi connectivity index (χ4v) is 5.35. The standard InChI is InChI=1S/C23H26N4O3S2/c1-4-7-25-23(31)26-8-10-27(11-9-26)32(28,29)22-15-19(16-24)5-6-21(22)30-20-13-17(2)12-18(3)14-20/h4-6,12-15H,1,7-11H2,2-3H3,(H,25,31). The first-order valence-corrected chi connectivity index (χ1v) is 12.0. The number of ether oxygens (including phenoxy) is 1. The summed E-state index contributed by atoms with van der Waals surface area (Å²) in [5.41, 5.74) is 2.27. The van der Waals surface area contributed by atoms with Crippen molar-refractivity contribution in [3.63, 3.8) is 0 Å². The van der Waals surface area contributed by atoms with Gasteiger partial charge in [-0.15, -0.1) is 6.58 Å². The van der Waals surface area contributed by atoms with Gasteiger partial charge in [-0.1, -0.05) is 12.1 Å². The van der Waals surface area contributed by atoms with Gasteiger partial charge in [-0.05, 0) is 67.5 Å². The zero-order valence-corrected chi connectivity index (χ0v) is 19.8. The van der Waals surface area contributed by atoms with Gasteiger partial charge in [0.2, 0.25) is 10.0 Å². The summed E-state index contributed by atoms with van der Waals surface area (Å²) < 4.78 is 34.4. The lowest BCUT2D eigenvalue weighted by atomic mass is 10.1. The Balaban J connectivity index is 1.86. The minimum atomic E-state index is -3.88. The average Bonchev–Trinajstić information content (AvgIpc) is 2.77. The van der Waals surface area contributed by atoms with Crippen molar-refractivity contribution in [3.05, 3.63) is 65.7 Å². The van der Waals surface area contributed by atoms with Crippen LogP contribution in [0.25, 0.3) is 0 Å². The summed E-state index contributed by atoms with van der Waals surface area (Å²) in [5, 5.41) is 13.0. The van der Waals surface area contributed by atoms with Crippen LogP contribution in [-0.2, 0) is 10.0 Å². The molecule has 3 rings (SSSR count). The third-order valence-electron chi connectivity index (χ3n) is 5.04. The molecule has 0 spiro atoms. The van der Waals surface area contributed by atoms with Crippen molar-refractivity contribution < 1.29 is 13.2 Å². The van der Waals surface area contributed by atoms with Gasteiger partial charge < -0.3 is 15.0 Å². The average molecular weight is 471 g/mol. The highest BCUT2D eigenvalue weighted by molar-refractivity contribution is 7.89. The Morgan fingerprint density at radius 2 is 1.84 bits per heavy atom. The number of benzene rings is 2. The molecule has 0 radical (unpaired) electrons. The van der Waals surface area contributed by atoms with Crippen molar-refractivity contribution >= 4 is 27.4 Å². The van der Waals surface area contributed by atoms with E-state index in [4.69, 9.17) is 17.0 Å². The Morgan fingerprint density at radius 3 is 2.44 bits per heavy atom. The number of hydrogen-bond donors (Lipinski definition) is 1. The van der Waals surface area contributed by atoms with Crippen LogP contribution in [-0.4, -0.2) is 55.5 Å². The van der Waals surface area contributed by atoms with Crippen LogP contribution in [0.15, 0.2) is 53.9 Å². The molecule has 9 heteroatoms. The van der Waals surface area contributed by atoms with Gasteiger partial charge in [-0.3, -0.25) is 0 Å². The van der Waals surface area contributed by atoms with E-state index in [9.17, 15) is 13.7 Å². The predicted octanol–water partition coefficient (Wildman–Crippen LogP) is 3.33. The van der Waals surface area contributed by atoms with Crippen molar-refractivity contribution in [1.29, 1.82) is 5.26 Å². The molecular weight excluding hydrogens is 444 g/mol. The molecule has 1 saturated heterocycles. The molecule has 0 aliphatic carbocycles. The van der Waals surface area contributed by atoms with Gasteiger partial charge in [0, 0.05) is 32.7 Å². The Hall–Kier alpha value is -2.93. The molecular formula is C23H26N4O3S2. The number of nitrogens with zero attached hydrogens (tertiary/aromatic N) is 3. The van der Waals surface area contributed by atoms with Crippen LogP contribution < -0.4 is 10.1 Å². The lowest BCUT2D eigenvalue weighted by Crippen LogP contribution is -2.53. The molecule has 0 bridgehead atoms. The van der Waals surface area contributed by atoms with Crippen LogP contribution in [0.1, 0.15) is 16.7 Å². The summed E-state index contributed by atoms with van der Waals surface area (Å²) in [4.78, 5) is 1.92. The topological polar surface area (TPSA) is 85.7 Å². The normalized spacial score (nSPS) is 14.5. The number of piperazine rings is 1. The van der Waals surface area contributed by atoms with Crippen molar-refractivity contribution in [3.8, 4) is 17.6 Å². The molecule has 1 heterocycles. The van der Waals surface area contributed by atoms with E-state index in [1.807, 2.05) is 43.0 Å². The smallest absolute Gasteiger partial charge is 0.246 e. The molecule has 0 aromatic heterocycles.